The highest BCUT2D eigenvalue weighted by atomic mass is 16.5. The quantitative estimate of drug-likeness (QED) is 0.665. The van der Waals surface area contributed by atoms with Gasteiger partial charge in [-0.15, -0.1) is 0 Å². The van der Waals surface area contributed by atoms with E-state index in [-0.39, 0.29) is 12.1 Å². The van der Waals surface area contributed by atoms with Crippen molar-refractivity contribution in [3.63, 3.8) is 0 Å². The van der Waals surface area contributed by atoms with Gasteiger partial charge in [0, 0.05) is 12.5 Å². The Morgan fingerprint density at radius 1 is 1.20 bits per heavy atom. The number of hydrogen-bond donors (Lipinski definition) is 0. The summed E-state index contributed by atoms with van der Waals surface area (Å²) >= 11 is 0. The SMILES string of the molecule is CC1OCCCN1C(=O)C1CCCCC1. The van der Waals surface area contributed by atoms with E-state index >= 15 is 0 Å². The molecule has 1 saturated heterocycles. The van der Waals surface area contributed by atoms with Gasteiger partial charge in [-0.1, -0.05) is 19.3 Å². The van der Waals surface area contributed by atoms with E-state index in [2.05, 4.69) is 0 Å². The molecule has 1 atom stereocenters. The number of rotatable bonds is 1. The molecular weight excluding hydrogens is 190 g/mol. The predicted molar refractivity (Wildman–Crippen MR) is 58.3 cm³/mol. The first-order valence-electron chi connectivity index (χ1n) is 6.21. The Hall–Kier alpha value is -0.570. The summed E-state index contributed by atoms with van der Waals surface area (Å²) in [6.07, 6.45) is 6.90. The topological polar surface area (TPSA) is 29.5 Å². The molecule has 0 N–H and O–H groups in total. The molecule has 2 rings (SSSR count). The van der Waals surface area contributed by atoms with Gasteiger partial charge >= 0.3 is 0 Å². The Kier molecular flexibility index (Phi) is 3.62. The molecule has 1 heterocycles. The summed E-state index contributed by atoms with van der Waals surface area (Å²) in [7, 11) is 0. The number of carbonyl (C=O) groups excluding carboxylic acids is 1. The van der Waals surface area contributed by atoms with E-state index in [1.165, 1.54) is 19.3 Å². The van der Waals surface area contributed by atoms with Gasteiger partial charge in [-0.25, -0.2) is 0 Å². The van der Waals surface area contributed by atoms with Gasteiger partial charge in [0.1, 0.15) is 6.23 Å². The monoisotopic (exact) mass is 211 g/mol. The number of carbonyl (C=O) groups is 1. The molecule has 1 unspecified atom stereocenters. The number of amides is 1. The zero-order valence-electron chi connectivity index (χ0n) is 9.58. The maximum absolute atomic E-state index is 12.2. The maximum Gasteiger partial charge on any atom is 0.227 e. The molecule has 15 heavy (non-hydrogen) atoms. The molecule has 86 valence electrons. The number of hydrogen-bond acceptors (Lipinski definition) is 2. The third-order valence-electron chi connectivity index (χ3n) is 3.58. The molecule has 0 bridgehead atoms. The molecule has 2 aliphatic rings. The Bertz CT molecular complexity index is 224. The lowest BCUT2D eigenvalue weighted by Crippen LogP contribution is -2.47. The van der Waals surface area contributed by atoms with Crippen LogP contribution in [0.15, 0.2) is 0 Å². The lowest BCUT2D eigenvalue weighted by molar-refractivity contribution is -0.157. The fourth-order valence-electron chi connectivity index (χ4n) is 2.63. The molecule has 0 radical (unpaired) electrons. The van der Waals surface area contributed by atoms with Crippen LogP contribution in [0.4, 0.5) is 0 Å². The van der Waals surface area contributed by atoms with Gasteiger partial charge < -0.3 is 9.64 Å². The van der Waals surface area contributed by atoms with Crippen LogP contribution < -0.4 is 0 Å². The molecule has 0 spiro atoms. The van der Waals surface area contributed by atoms with E-state index in [1.54, 1.807) is 0 Å². The summed E-state index contributed by atoms with van der Waals surface area (Å²) in [5.41, 5.74) is 0. The van der Waals surface area contributed by atoms with Crippen molar-refractivity contribution in [3.8, 4) is 0 Å². The van der Waals surface area contributed by atoms with Gasteiger partial charge in [-0.2, -0.15) is 0 Å². The average Bonchev–Trinajstić information content (AvgIpc) is 2.30. The van der Waals surface area contributed by atoms with Crippen molar-refractivity contribution < 1.29 is 9.53 Å². The van der Waals surface area contributed by atoms with Crippen LogP contribution in [0.5, 0.6) is 0 Å². The highest BCUT2D eigenvalue weighted by Gasteiger charge is 2.30. The summed E-state index contributed by atoms with van der Waals surface area (Å²) in [5, 5.41) is 0. The molecule has 1 aliphatic heterocycles. The summed E-state index contributed by atoms with van der Waals surface area (Å²) in [6.45, 7) is 3.67. The summed E-state index contributed by atoms with van der Waals surface area (Å²) in [6, 6.07) is 0. The van der Waals surface area contributed by atoms with E-state index in [9.17, 15) is 4.79 Å². The molecule has 1 amide bonds. The lowest BCUT2D eigenvalue weighted by atomic mass is 9.88. The molecule has 3 nitrogen and oxygen atoms in total. The van der Waals surface area contributed by atoms with Gasteiger partial charge in [0.15, 0.2) is 0 Å². The Labute approximate surface area is 91.8 Å². The Morgan fingerprint density at radius 2 is 1.93 bits per heavy atom. The van der Waals surface area contributed by atoms with Gasteiger partial charge in [0.25, 0.3) is 0 Å². The van der Waals surface area contributed by atoms with Gasteiger partial charge in [0.2, 0.25) is 5.91 Å². The number of nitrogens with zero attached hydrogens (tertiary/aromatic N) is 1. The minimum absolute atomic E-state index is 0.00632. The fourth-order valence-corrected chi connectivity index (χ4v) is 2.63. The average molecular weight is 211 g/mol. The number of ether oxygens (including phenoxy) is 1. The van der Waals surface area contributed by atoms with Crippen LogP contribution >= 0.6 is 0 Å². The zero-order chi connectivity index (χ0) is 10.7. The molecule has 0 aromatic rings. The Balaban J connectivity index is 1.92. The van der Waals surface area contributed by atoms with E-state index < -0.39 is 0 Å². The third kappa shape index (κ3) is 2.51. The van der Waals surface area contributed by atoms with Crippen LogP contribution in [0.3, 0.4) is 0 Å². The van der Waals surface area contributed by atoms with E-state index in [0.29, 0.717) is 5.91 Å². The highest BCUT2D eigenvalue weighted by molar-refractivity contribution is 5.79. The van der Waals surface area contributed by atoms with Crippen molar-refractivity contribution in [2.45, 2.75) is 51.7 Å². The predicted octanol–water partition coefficient (Wildman–Crippen LogP) is 2.16. The highest BCUT2D eigenvalue weighted by Crippen LogP contribution is 2.26. The van der Waals surface area contributed by atoms with Crippen molar-refractivity contribution in [2.75, 3.05) is 13.2 Å². The first kappa shape index (κ1) is 10.9. The van der Waals surface area contributed by atoms with Crippen molar-refractivity contribution in [2.24, 2.45) is 5.92 Å². The fraction of sp³-hybridized carbons (Fsp3) is 0.917. The van der Waals surface area contributed by atoms with Crippen molar-refractivity contribution in [1.29, 1.82) is 0 Å². The van der Waals surface area contributed by atoms with Crippen LogP contribution in [0.25, 0.3) is 0 Å². The lowest BCUT2D eigenvalue weighted by Gasteiger charge is -2.36. The van der Waals surface area contributed by atoms with Crippen molar-refractivity contribution in [3.05, 3.63) is 0 Å². The summed E-state index contributed by atoms with van der Waals surface area (Å²) in [4.78, 5) is 14.1. The van der Waals surface area contributed by atoms with E-state index in [4.69, 9.17) is 4.74 Å². The third-order valence-corrected chi connectivity index (χ3v) is 3.58. The molecule has 3 heteroatoms. The first-order chi connectivity index (χ1) is 7.29. The first-order valence-corrected chi connectivity index (χ1v) is 6.21. The molecule has 1 saturated carbocycles. The van der Waals surface area contributed by atoms with E-state index in [1.807, 2.05) is 11.8 Å². The molecule has 0 aromatic carbocycles. The van der Waals surface area contributed by atoms with Crippen molar-refractivity contribution in [1.82, 2.24) is 4.90 Å². The van der Waals surface area contributed by atoms with Crippen LogP contribution in [0.1, 0.15) is 45.4 Å². The van der Waals surface area contributed by atoms with E-state index in [0.717, 1.165) is 32.4 Å². The summed E-state index contributed by atoms with van der Waals surface area (Å²) in [5.74, 6) is 0.616. The van der Waals surface area contributed by atoms with Crippen molar-refractivity contribution >= 4 is 5.91 Å². The molecule has 0 aromatic heterocycles. The standard InChI is InChI=1S/C12H21NO2/c1-10-13(8-5-9-15-10)12(14)11-6-3-2-4-7-11/h10-11H,2-9H2,1H3. The second-order valence-electron chi connectivity index (χ2n) is 4.69. The normalized spacial score (nSPS) is 29.1. The van der Waals surface area contributed by atoms with Crippen LogP contribution in [-0.4, -0.2) is 30.2 Å². The van der Waals surface area contributed by atoms with Crippen LogP contribution in [0.2, 0.25) is 0 Å². The Morgan fingerprint density at radius 3 is 2.60 bits per heavy atom. The second kappa shape index (κ2) is 4.97. The summed E-state index contributed by atoms with van der Waals surface area (Å²) < 4.78 is 5.51. The van der Waals surface area contributed by atoms with Crippen LogP contribution in [-0.2, 0) is 9.53 Å². The zero-order valence-corrected chi connectivity index (χ0v) is 9.58. The van der Waals surface area contributed by atoms with Gasteiger partial charge in [-0.05, 0) is 26.2 Å². The second-order valence-corrected chi connectivity index (χ2v) is 4.69. The molecular formula is C12H21NO2. The largest absolute Gasteiger partial charge is 0.359 e. The minimum Gasteiger partial charge on any atom is -0.359 e. The van der Waals surface area contributed by atoms with Gasteiger partial charge in [-0.3, -0.25) is 4.79 Å². The smallest absolute Gasteiger partial charge is 0.227 e. The molecule has 2 fully saturated rings. The molecule has 1 aliphatic carbocycles. The maximum atomic E-state index is 12.2. The van der Waals surface area contributed by atoms with Gasteiger partial charge in [0.05, 0.1) is 6.61 Å². The van der Waals surface area contributed by atoms with Crippen LogP contribution in [0, 0.1) is 5.92 Å². The minimum atomic E-state index is -0.00632.